The van der Waals surface area contributed by atoms with Crippen molar-refractivity contribution in [3.05, 3.63) is 56.5 Å². The van der Waals surface area contributed by atoms with Crippen LogP contribution >= 0.6 is 35.3 Å². The molecule has 2 nitrogen and oxygen atoms in total. The Balaban J connectivity index is 0.00000176. The molecule has 22 heavy (non-hydrogen) atoms. The maximum Gasteiger partial charge on any atom is 0.129 e. The minimum Gasteiger partial charge on any atom is -0.314 e. The summed E-state index contributed by atoms with van der Waals surface area (Å²) in [5.74, 6) is -0.220. The van der Waals surface area contributed by atoms with Crippen LogP contribution in [0.3, 0.4) is 0 Å². The number of benzene rings is 1. The summed E-state index contributed by atoms with van der Waals surface area (Å²) in [5, 5.41) is 5.92. The van der Waals surface area contributed by atoms with Crippen molar-refractivity contribution in [2.75, 3.05) is 26.2 Å². The molecule has 3 rings (SSSR count). The molecule has 0 bridgehead atoms. The van der Waals surface area contributed by atoms with Gasteiger partial charge in [0.25, 0.3) is 0 Å². The summed E-state index contributed by atoms with van der Waals surface area (Å²) < 4.78 is 14.5. The Labute approximate surface area is 145 Å². The molecule has 0 radical (unpaired) electrons. The van der Waals surface area contributed by atoms with Crippen LogP contribution in [0.4, 0.5) is 4.39 Å². The van der Waals surface area contributed by atoms with Gasteiger partial charge in [-0.2, -0.15) is 0 Å². The molecule has 6 heteroatoms. The Kier molecular flexibility index (Phi) is 6.24. The highest BCUT2D eigenvalue weighted by atomic mass is 35.5. The summed E-state index contributed by atoms with van der Waals surface area (Å²) in [6.07, 6.45) is 0. The molecule has 0 saturated carbocycles. The van der Waals surface area contributed by atoms with E-state index in [2.05, 4.69) is 16.3 Å². The zero-order valence-corrected chi connectivity index (χ0v) is 14.7. The standard InChI is InChI=1S/C16H18ClFN2S.ClH/c1-11-4-5-12(18)14(15(11)17)16(13-3-2-10-21-13)20-8-6-19-7-9-20;/h2-5,10,16,19H,6-9H2,1H3;1H/t16-;/m0./s1. The van der Waals surface area contributed by atoms with Gasteiger partial charge in [-0.15, -0.1) is 23.7 Å². The van der Waals surface area contributed by atoms with Crippen LogP contribution in [-0.4, -0.2) is 31.1 Å². The van der Waals surface area contributed by atoms with E-state index in [4.69, 9.17) is 11.6 Å². The maximum absolute atomic E-state index is 14.5. The van der Waals surface area contributed by atoms with Gasteiger partial charge in [0, 0.05) is 36.6 Å². The Hall–Kier alpha value is -0.650. The van der Waals surface area contributed by atoms with E-state index >= 15 is 0 Å². The smallest absolute Gasteiger partial charge is 0.129 e. The van der Waals surface area contributed by atoms with Crippen LogP contribution in [-0.2, 0) is 0 Å². The minimum absolute atomic E-state index is 0. The first-order valence-electron chi connectivity index (χ1n) is 7.11. The van der Waals surface area contributed by atoms with Crippen molar-refractivity contribution in [3.63, 3.8) is 0 Å². The molecule has 1 atom stereocenters. The van der Waals surface area contributed by atoms with Crippen molar-refractivity contribution < 1.29 is 4.39 Å². The predicted octanol–water partition coefficient (Wildman–Crippen LogP) is 4.27. The molecule has 0 amide bonds. The van der Waals surface area contributed by atoms with Crippen LogP contribution in [0, 0.1) is 12.7 Å². The van der Waals surface area contributed by atoms with Crippen molar-refractivity contribution in [1.82, 2.24) is 10.2 Å². The van der Waals surface area contributed by atoms with Crippen molar-refractivity contribution in [2.24, 2.45) is 0 Å². The fourth-order valence-corrected chi connectivity index (χ4v) is 3.94. The summed E-state index contributed by atoms with van der Waals surface area (Å²) in [5.41, 5.74) is 1.53. The summed E-state index contributed by atoms with van der Waals surface area (Å²) in [6.45, 7) is 5.56. The van der Waals surface area contributed by atoms with Gasteiger partial charge in [-0.1, -0.05) is 23.7 Å². The van der Waals surface area contributed by atoms with E-state index in [1.54, 1.807) is 17.4 Å². The van der Waals surface area contributed by atoms with Gasteiger partial charge in [0.05, 0.1) is 11.1 Å². The van der Waals surface area contributed by atoms with Crippen molar-refractivity contribution in [3.8, 4) is 0 Å². The first-order chi connectivity index (χ1) is 10.2. The predicted molar refractivity (Wildman–Crippen MR) is 94.0 cm³/mol. The van der Waals surface area contributed by atoms with Gasteiger partial charge in [-0.05, 0) is 30.0 Å². The fourth-order valence-electron chi connectivity index (χ4n) is 2.82. The van der Waals surface area contributed by atoms with Crippen molar-refractivity contribution in [2.45, 2.75) is 13.0 Å². The Bertz CT molecular complexity index is 613. The molecule has 1 aromatic carbocycles. The summed E-state index contributed by atoms with van der Waals surface area (Å²) in [4.78, 5) is 3.45. The average molecular weight is 361 g/mol. The molecule has 1 aliphatic rings. The quantitative estimate of drug-likeness (QED) is 0.879. The lowest BCUT2D eigenvalue weighted by Crippen LogP contribution is -2.45. The SMILES string of the molecule is Cc1ccc(F)c([C@H](c2cccs2)N2CCNCC2)c1Cl.Cl. The Morgan fingerprint density at radius 3 is 2.64 bits per heavy atom. The summed E-state index contributed by atoms with van der Waals surface area (Å²) in [6, 6.07) is 7.25. The first-order valence-corrected chi connectivity index (χ1v) is 8.37. The molecule has 1 aliphatic heterocycles. The van der Waals surface area contributed by atoms with E-state index in [-0.39, 0.29) is 24.3 Å². The number of nitrogens with one attached hydrogen (secondary N) is 1. The molecule has 120 valence electrons. The number of hydrogen-bond acceptors (Lipinski definition) is 3. The molecule has 0 unspecified atom stereocenters. The maximum atomic E-state index is 14.5. The molecular weight excluding hydrogens is 342 g/mol. The Morgan fingerprint density at radius 2 is 2.00 bits per heavy atom. The van der Waals surface area contributed by atoms with Crippen molar-refractivity contribution >= 4 is 35.3 Å². The van der Waals surface area contributed by atoms with E-state index < -0.39 is 0 Å². The zero-order chi connectivity index (χ0) is 14.8. The molecule has 1 fully saturated rings. The third kappa shape index (κ3) is 3.47. The second kappa shape index (κ2) is 7.75. The largest absolute Gasteiger partial charge is 0.314 e. The van der Waals surface area contributed by atoms with E-state index in [0.29, 0.717) is 10.6 Å². The molecule has 1 N–H and O–H groups in total. The van der Waals surface area contributed by atoms with E-state index in [1.165, 1.54) is 6.07 Å². The van der Waals surface area contributed by atoms with Gasteiger partial charge in [-0.3, -0.25) is 4.90 Å². The number of nitrogens with zero attached hydrogens (tertiary/aromatic N) is 1. The van der Waals surface area contributed by atoms with E-state index in [0.717, 1.165) is 36.6 Å². The highest BCUT2D eigenvalue weighted by Crippen LogP contribution is 2.38. The number of halogens is 3. The van der Waals surface area contributed by atoms with Gasteiger partial charge in [0.1, 0.15) is 5.82 Å². The molecule has 2 heterocycles. The molecular formula is C16H19Cl2FN2S. The number of aryl methyl sites for hydroxylation is 1. The van der Waals surface area contributed by atoms with Crippen molar-refractivity contribution in [1.29, 1.82) is 0 Å². The van der Waals surface area contributed by atoms with Crippen LogP contribution in [0.25, 0.3) is 0 Å². The number of rotatable bonds is 3. The highest BCUT2D eigenvalue weighted by Gasteiger charge is 2.29. The second-order valence-corrected chi connectivity index (χ2v) is 6.65. The number of piperazine rings is 1. The monoisotopic (exact) mass is 360 g/mol. The second-order valence-electron chi connectivity index (χ2n) is 5.30. The number of thiophene rings is 1. The third-order valence-electron chi connectivity index (χ3n) is 3.92. The van der Waals surface area contributed by atoms with Gasteiger partial charge >= 0.3 is 0 Å². The van der Waals surface area contributed by atoms with Gasteiger partial charge < -0.3 is 5.32 Å². The van der Waals surface area contributed by atoms with Crippen LogP contribution < -0.4 is 5.32 Å². The lowest BCUT2D eigenvalue weighted by molar-refractivity contribution is 0.197. The third-order valence-corrected chi connectivity index (χ3v) is 5.35. The van der Waals surface area contributed by atoms with Crippen LogP contribution in [0.5, 0.6) is 0 Å². The molecule has 0 spiro atoms. The lowest BCUT2D eigenvalue weighted by Gasteiger charge is -2.35. The fraction of sp³-hybridized carbons (Fsp3) is 0.375. The average Bonchev–Trinajstić information content (AvgIpc) is 3.02. The van der Waals surface area contributed by atoms with E-state index in [1.807, 2.05) is 18.4 Å². The lowest BCUT2D eigenvalue weighted by atomic mass is 9.99. The van der Waals surface area contributed by atoms with Gasteiger partial charge in [0.2, 0.25) is 0 Å². The summed E-state index contributed by atoms with van der Waals surface area (Å²) in [7, 11) is 0. The number of hydrogen-bond donors (Lipinski definition) is 1. The van der Waals surface area contributed by atoms with E-state index in [9.17, 15) is 4.39 Å². The summed E-state index contributed by atoms with van der Waals surface area (Å²) >= 11 is 8.11. The zero-order valence-electron chi connectivity index (χ0n) is 12.3. The highest BCUT2D eigenvalue weighted by molar-refractivity contribution is 7.10. The first kappa shape index (κ1) is 17.7. The Morgan fingerprint density at radius 1 is 1.27 bits per heavy atom. The van der Waals surface area contributed by atoms with Crippen LogP contribution in [0.15, 0.2) is 29.6 Å². The topological polar surface area (TPSA) is 15.3 Å². The molecule has 2 aromatic rings. The van der Waals surface area contributed by atoms with Crippen LogP contribution in [0.2, 0.25) is 5.02 Å². The molecule has 0 aliphatic carbocycles. The minimum atomic E-state index is -0.220. The van der Waals surface area contributed by atoms with Gasteiger partial charge in [0.15, 0.2) is 0 Å². The van der Waals surface area contributed by atoms with Gasteiger partial charge in [-0.25, -0.2) is 4.39 Å². The molecule has 1 saturated heterocycles. The molecule has 1 aromatic heterocycles. The van der Waals surface area contributed by atoms with Crippen LogP contribution in [0.1, 0.15) is 22.0 Å². The normalized spacial score (nSPS) is 17.0.